The maximum Gasteiger partial charge on any atom is 0.410 e. The van der Waals surface area contributed by atoms with Crippen LogP contribution in [-0.4, -0.2) is 39.5 Å². The quantitative estimate of drug-likeness (QED) is 0.524. The number of carbonyl (C=O) groups is 1. The number of carbonyl (C=O) groups excluding carboxylic acids is 1. The van der Waals surface area contributed by atoms with Gasteiger partial charge >= 0.3 is 6.09 Å². The normalized spacial score (nSPS) is 16.6. The van der Waals surface area contributed by atoms with E-state index in [9.17, 15) is 9.18 Å². The number of hydrogen-bond acceptors (Lipinski definition) is 4. The molecule has 3 rings (SSSR count). The van der Waals surface area contributed by atoms with Crippen LogP contribution in [0.4, 0.5) is 15.0 Å². The van der Waals surface area contributed by atoms with E-state index in [1.54, 1.807) is 9.58 Å². The summed E-state index contributed by atoms with van der Waals surface area (Å²) in [4.78, 5) is 14.2. The summed E-state index contributed by atoms with van der Waals surface area (Å²) in [6.45, 7) is 10.8. The van der Waals surface area contributed by atoms with Crippen molar-refractivity contribution < 1.29 is 13.9 Å². The molecule has 1 saturated heterocycles. The fourth-order valence-electron chi connectivity index (χ4n) is 3.96. The molecule has 2 N–H and O–H groups in total. The molecule has 0 saturated carbocycles. The van der Waals surface area contributed by atoms with Gasteiger partial charge in [0.1, 0.15) is 17.2 Å². The standard InChI is InChI=1S/C21H27Br2FN4O2/c1-12-16(18(25)28(26-12)17-14(22)10-13(24)11-15(17)23)21(5)6-8-27(9-7-21)19(29)30-20(2,3)4/h10-11H,6-9,25H2,1-5H3. The van der Waals surface area contributed by atoms with Gasteiger partial charge < -0.3 is 15.4 Å². The van der Waals surface area contributed by atoms with Crippen LogP contribution in [0.25, 0.3) is 5.69 Å². The molecule has 0 bridgehead atoms. The smallest absolute Gasteiger partial charge is 0.410 e. The van der Waals surface area contributed by atoms with Crippen LogP contribution in [0.2, 0.25) is 0 Å². The molecule has 30 heavy (non-hydrogen) atoms. The first-order valence-corrected chi connectivity index (χ1v) is 11.4. The predicted octanol–water partition coefficient (Wildman–Crippen LogP) is 5.72. The first kappa shape index (κ1) is 23.1. The van der Waals surface area contributed by atoms with Crippen LogP contribution < -0.4 is 5.73 Å². The summed E-state index contributed by atoms with van der Waals surface area (Å²) in [5.41, 5.74) is 8.26. The zero-order chi connectivity index (χ0) is 22.4. The van der Waals surface area contributed by atoms with E-state index >= 15 is 0 Å². The van der Waals surface area contributed by atoms with E-state index in [0.717, 1.165) is 24.1 Å². The van der Waals surface area contributed by atoms with Crippen molar-refractivity contribution in [1.82, 2.24) is 14.7 Å². The number of hydrogen-bond donors (Lipinski definition) is 1. The molecule has 1 aliphatic rings. The minimum atomic E-state index is -0.518. The molecular weight excluding hydrogens is 519 g/mol. The Labute approximate surface area is 193 Å². The summed E-state index contributed by atoms with van der Waals surface area (Å²) >= 11 is 6.83. The summed E-state index contributed by atoms with van der Waals surface area (Å²) in [6.07, 6.45) is 1.20. The number of anilines is 1. The minimum absolute atomic E-state index is 0.232. The highest BCUT2D eigenvalue weighted by atomic mass is 79.9. The van der Waals surface area contributed by atoms with Crippen molar-refractivity contribution in [2.24, 2.45) is 0 Å². The fraction of sp³-hybridized carbons (Fsp3) is 0.524. The Morgan fingerprint density at radius 2 is 1.77 bits per heavy atom. The molecule has 9 heteroatoms. The lowest BCUT2D eigenvalue weighted by molar-refractivity contribution is 0.0172. The number of likely N-dealkylation sites (tertiary alicyclic amines) is 1. The molecule has 0 radical (unpaired) electrons. The minimum Gasteiger partial charge on any atom is -0.444 e. The predicted molar refractivity (Wildman–Crippen MR) is 122 cm³/mol. The van der Waals surface area contributed by atoms with Crippen molar-refractivity contribution in [3.8, 4) is 5.69 Å². The van der Waals surface area contributed by atoms with Crippen LogP contribution in [-0.2, 0) is 10.2 Å². The van der Waals surface area contributed by atoms with Crippen LogP contribution in [0.1, 0.15) is 51.8 Å². The van der Waals surface area contributed by atoms with Crippen molar-refractivity contribution >= 4 is 43.8 Å². The molecule has 6 nitrogen and oxygen atoms in total. The lowest BCUT2D eigenvalue weighted by Crippen LogP contribution is -2.46. The lowest BCUT2D eigenvalue weighted by Gasteiger charge is -2.40. The highest BCUT2D eigenvalue weighted by molar-refractivity contribution is 9.11. The van der Waals surface area contributed by atoms with Crippen LogP contribution in [0.5, 0.6) is 0 Å². The molecule has 2 heterocycles. The van der Waals surface area contributed by atoms with E-state index in [1.807, 2.05) is 27.7 Å². The van der Waals surface area contributed by atoms with Crippen LogP contribution in [0.15, 0.2) is 21.1 Å². The fourth-order valence-corrected chi connectivity index (χ4v) is 5.42. The first-order valence-electron chi connectivity index (χ1n) is 9.81. The molecule has 1 aliphatic heterocycles. The Bertz CT molecular complexity index is 953. The zero-order valence-electron chi connectivity index (χ0n) is 17.9. The molecule has 1 aromatic carbocycles. The number of halogens is 3. The SMILES string of the molecule is Cc1nn(-c2c(Br)cc(F)cc2Br)c(N)c1C1(C)CCN(C(=O)OC(C)(C)C)CC1. The van der Waals surface area contributed by atoms with E-state index in [-0.39, 0.29) is 17.3 Å². The summed E-state index contributed by atoms with van der Waals surface area (Å²) < 4.78 is 22.0. The van der Waals surface area contributed by atoms with Gasteiger partial charge in [-0.3, -0.25) is 0 Å². The molecule has 0 spiro atoms. The molecule has 1 fully saturated rings. The number of nitrogens with two attached hydrogens (primary N) is 1. The largest absolute Gasteiger partial charge is 0.444 e. The van der Waals surface area contributed by atoms with Crippen molar-refractivity contribution in [3.05, 3.63) is 38.2 Å². The van der Waals surface area contributed by atoms with Gasteiger partial charge in [0.2, 0.25) is 0 Å². The number of nitrogen functional groups attached to an aromatic ring is 1. The second-order valence-corrected chi connectivity index (χ2v) is 10.7. The monoisotopic (exact) mass is 544 g/mol. The zero-order valence-corrected chi connectivity index (χ0v) is 21.0. The summed E-state index contributed by atoms with van der Waals surface area (Å²) in [7, 11) is 0. The molecule has 1 amide bonds. The van der Waals surface area contributed by atoms with Gasteiger partial charge in [-0.15, -0.1) is 0 Å². The van der Waals surface area contributed by atoms with Gasteiger partial charge in [0.25, 0.3) is 0 Å². The number of aromatic nitrogens is 2. The van der Waals surface area contributed by atoms with Gasteiger partial charge in [-0.25, -0.2) is 13.9 Å². The average molecular weight is 546 g/mol. The summed E-state index contributed by atoms with van der Waals surface area (Å²) in [5.74, 6) is 0.162. The first-order chi connectivity index (χ1) is 13.8. The van der Waals surface area contributed by atoms with Crippen LogP contribution in [0.3, 0.4) is 0 Å². The Hall–Kier alpha value is -1.61. The lowest BCUT2D eigenvalue weighted by atomic mass is 9.74. The summed E-state index contributed by atoms with van der Waals surface area (Å²) in [5, 5.41) is 4.66. The Kier molecular flexibility index (Phi) is 6.26. The molecule has 1 aromatic heterocycles. The van der Waals surface area contributed by atoms with Crippen LogP contribution >= 0.6 is 31.9 Å². The molecule has 0 atom stereocenters. The van der Waals surface area contributed by atoms with Crippen molar-refractivity contribution in [1.29, 1.82) is 0 Å². The third-order valence-corrected chi connectivity index (χ3v) is 6.62. The second kappa shape index (κ2) is 8.15. The molecule has 2 aromatic rings. The van der Waals surface area contributed by atoms with Gasteiger partial charge in [-0.1, -0.05) is 6.92 Å². The number of aryl methyl sites for hydroxylation is 1. The second-order valence-electron chi connectivity index (χ2n) is 9.00. The Morgan fingerprint density at radius 3 is 2.27 bits per heavy atom. The van der Waals surface area contributed by atoms with Gasteiger partial charge in [0, 0.05) is 33.0 Å². The van der Waals surface area contributed by atoms with E-state index in [4.69, 9.17) is 10.5 Å². The van der Waals surface area contributed by atoms with Gasteiger partial charge in [0.05, 0.1) is 11.4 Å². The van der Waals surface area contributed by atoms with Crippen molar-refractivity contribution in [2.45, 2.75) is 58.5 Å². The van der Waals surface area contributed by atoms with Crippen LogP contribution in [0, 0.1) is 12.7 Å². The number of ether oxygens (including phenoxy) is 1. The van der Waals surface area contributed by atoms with Crippen molar-refractivity contribution in [3.63, 3.8) is 0 Å². The Morgan fingerprint density at radius 1 is 1.23 bits per heavy atom. The van der Waals surface area contributed by atoms with E-state index in [1.165, 1.54) is 12.1 Å². The number of benzene rings is 1. The topological polar surface area (TPSA) is 73.4 Å². The van der Waals surface area contributed by atoms with E-state index in [0.29, 0.717) is 33.5 Å². The van der Waals surface area contributed by atoms with Gasteiger partial charge in [0.15, 0.2) is 0 Å². The van der Waals surface area contributed by atoms with Gasteiger partial charge in [-0.05, 0) is 84.5 Å². The molecular formula is C21H27Br2FN4O2. The van der Waals surface area contributed by atoms with Crippen molar-refractivity contribution in [2.75, 3.05) is 18.8 Å². The van der Waals surface area contributed by atoms with E-state index < -0.39 is 5.60 Å². The Balaban J connectivity index is 1.89. The third kappa shape index (κ3) is 4.51. The number of nitrogens with zero attached hydrogens (tertiary/aromatic N) is 3. The maximum absolute atomic E-state index is 13.7. The highest BCUT2D eigenvalue weighted by Gasteiger charge is 2.39. The molecule has 0 unspecified atom stereocenters. The van der Waals surface area contributed by atoms with E-state index in [2.05, 4.69) is 43.9 Å². The van der Waals surface area contributed by atoms with Gasteiger partial charge in [-0.2, -0.15) is 5.10 Å². The summed E-state index contributed by atoms with van der Waals surface area (Å²) in [6, 6.07) is 2.77. The number of rotatable bonds is 2. The average Bonchev–Trinajstić information content (AvgIpc) is 2.88. The maximum atomic E-state index is 13.7. The molecule has 164 valence electrons. The number of piperidine rings is 1. The molecule has 0 aliphatic carbocycles. The third-order valence-electron chi connectivity index (χ3n) is 5.41. The highest BCUT2D eigenvalue weighted by Crippen LogP contribution is 2.42. The number of amides is 1.